The molecule has 0 aromatic rings. The molecular formula is C15H27N3O5. The second kappa shape index (κ2) is 7.50. The normalized spacial score (nSPS) is 41.4. The van der Waals surface area contributed by atoms with Crippen molar-refractivity contribution in [3.8, 4) is 0 Å². The van der Waals surface area contributed by atoms with Crippen LogP contribution in [0.3, 0.4) is 0 Å². The van der Waals surface area contributed by atoms with Crippen molar-refractivity contribution in [3.63, 3.8) is 0 Å². The van der Waals surface area contributed by atoms with Gasteiger partial charge in [-0.05, 0) is 26.9 Å². The number of ether oxygens (including phenoxy) is 4. The van der Waals surface area contributed by atoms with Crippen LogP contribution in [0, 0.1) is 10.8 Å². The highest BCUT2D eigenvalue weighted by atomic mass is 16.7. The lowest BCUT2D eigenvalue weighted by atomic mass is 10.1. The maximum atomic E-state index is 10.7. The number of hydrogen-bond donors (Lipinski definition) is 1. The second-order valence-corrected chi connectivity index (χ2v) is 6.86. The zero-order valence-electron chi connectivity index (χ0n) is 13.8. The number of hydrogen-bond acceptors (Lipinski definition) is 8. The van der Waals surface area contributed by atoms with Gasteiger partial charge in [0.1, 0.15) is 0 Å². The van der Waals surface area contributed by atoms with Gasteiger partial charge in [0.05, 0.1) is 37.6 Å². The molecule has 7 atom stereocenters. The molecular weight excluding hydrogens is 302 g/mol. The molecule has 0 aromatic heterocycles. The number of nitrogens with zero attached hydrogens (tertiary/aromatic N) is 2. The Bertz CT molecular complexity index is 411. The molecule has 0 spiro atoms. The van der Waals surface area contributed by atoms with Crippen molar-refractivity contribution in [1.29, 1.82) is 0 Å². The minimum absolute atomic E-state index is 0.0460. The molecule has 2 aliphatic heterocycles. The fourth-order valence-electron chi connectivity index (χ4n) is 3.10. The van der Waals surface area contributed by atoms with Gasteiger partial charge in [-0.25, -0.2) is 0 Å². The summed E-state index contributed by atoms with van der Waals surface area (Å²) in [7, 11) is 3.83. The van der Waals surface area contributed by atoms with Crippen molar-refractivity contribution < 1.29 is 18.9 Å². The van der Waals surface area contributed by atoms with E-state index in [1.54, 1.807) is 0 Å². The fourth-order valence-corrected chi connectivity index (χ4v) is 3.10. The van der Waals surface area contributed by atoms with E-state index in [1.807, 2.05) is 19.0 Å². The van der Waals surface area contributed by atoms with Gasteiger partial charge < -0.3 is 24.7 Å². The number of likely N-dealkylation sites (N-methyl/N-ethyl adjacent to an activating group) is 1. The van der Waals surface area contributed by atoms with Crippen molar-refractivity contribution in [1.82, 2.24) is 4.90 Å². The van der Waals surface area contributed by atoms with Gasteiger partial charge in [0.25, 0.3) is 0 Å². The first-order chi connectivity index (χ1) is 11.1. The number of rotatable bonds is 7. The summed E-state index contributed by atoms with van der Waals surface area (Å²) in [6.45, 7) is 0.939. The van der Waals surface area contributed by atoms with E-state index >= 15 is 0 Å². The van der Waals surface area contributed by atoms with E-state index in [0.29, 0.717) is 38.4 Å². The highest BCUT2D eigenvalue weighted by molar-refractivity contribution is 4.98. The molecule has 2 saturated heterocycles. The Labute approximate surface area is 136 Å². The Hall–Kier alpha value is -0.640. The summed E-state index contributed by atoms with van der Waals surface area (Å²) >= 11 is 0. The van der Waals surface area contributed by atoms with Crippen LogP contribution in [0.25, 0.3) is 0 Å². The summed E-state index contributed by atoms with van der Waals surface area (Å²) in [5.74, 6) is 0.408. The summed E-state index contributed by atoms with van der Waals surface area (Å²) < 4.78 is 23.3. The van der Waals surface area contributed by atoms with Crippen LogP contribution in [0.5, 0.6) is 0 Å². The van der Waals surface area contributed by atoms with Crippen molar-refractivity contribution >= 4 is 0 Å². The molecule has 1 saturated carbocycles. The van der Waals surface area contributed by atoms with Crippen molar-refractivity contribution in [3.05, 3.63) is 4.91 Å². The average molecular weight is 329 g/mol. The van der Waals surface area contributed by atoms with E-state index in [-0.39, 0.29) is 37.0 Å². The van der Waals surface area contributed by atoms with Crippen LogP contribution >= 0.6 is 0 Å². The molecule has 8 nitrogen and oxygen atoms in total. The minimum atomic E-state index is -0.347. The van der Waals surface area contributed by atoms with E-state index in [1.165, 1.54) is 0 Å². The molecule has 23 heavy (non-hydrogen) atoms. The number of nitrogens with two attached hydrogens (primary N) is 1. The quantitative estimate of drug-likeness (QED) is 0.541. The smallest absolute Gasteiger partial charge is 0.160 e. The van der Waals surface area contributed by atoms with Gasteiger partial charge >= 0.3 is 0 Å². The molecule has 2 heterocycles. The summed E-state index contributed by atoms with van der Waals surface area (Å²) in [4.78, 5) is 12.6. The first-order valence-corrected chi connectivity index (χ1v) is 8.35. The Kier molecular flexibility index (Phi) is 5.61. The molecule has 7 unspecified atom stereocenters. The maximum absolute atomic E-state index is 10.7. The molecule has 8 heteroatoms. The van der Waals surface area contributed by atoms with Gasteiger partial charge in [-0.3, -0.25) is 4.90 Å². The predicted octanol–water partition coefficient (Wildman–Crippen LogP) is 0.641. The number of nitroso groups, excluding NO2 is 1. The Morgan fingerprint density at radius 1 is 1.30 bits per heavy atom. The number of fused-ring (bicyclic) bond motifs is 1. The fraction of sp³-hybridized carbons (Fsp3) is 1.00. The zero-order valence-corrected chi connectivity index (χ0v) is 13.8. The third-order valence-corrected chi connectivity index (χ3v) is 4.82. The standard InChI is InChI=1S/C15H27N3O5/c1-18(2)13(16)8-21-15-7-12(10-6-11(10)22-15)23-14-5-9(17-19)3-4-20-14/h9-15H,3-8,16H2,1-2H3. The first-order valence-electron chi connectivity index (χ1n) is 8.35. The van der Waals surface area contributed by atoms with Gasteiger partial charge in [0.15, 0.2) is 12.6 Å². The SMILES string of the molecule is CN(C)C(N)COC1CC(OC2CC(N=O)CCO2)C2CC2O1. The molecule has 0 aromatic carbocycles. The molecule has 2 N–H and O–H groups in total. The summed E-state index contributed by atoms with van der Waals surface area (Å²) in [5, 5.41) is 3.12. The van der Waals surface area contributed by atoms with Crippen LogP contribution in [0.1, 0.15) is 25.7 Å². The lowest BCUT2D eigenvalue weighted by Gasteiger charge is -2.34. The van der Waals surface area contributed by atoms with Gasteiger partial charge in [0.2, 0.25) is 0 Å². The van der Waals surface area contributed by atoms with E-state index in [2.05, 4.69) is 5.18 Å². The first kappa shape index (κ1) is 17.2. The summed E-state index contributed by atoms with van der Waals surface area (Å²) in [6, 6.07) is -0.200. The highest BCUT2D eigenvalue weighted by Crippen LogP contribution is 2.46. The minimum Gasteiger partial charge on any atom is -0.352 e. The van der Waals surface area contributed by atoms with E-state index in [9.17, 15) is 4.91 Å². The van der Waals surface area contributed by atoms with Crippen LogP contribution in [-0.2, 0) is 18.9 Å². The Morgan fingerprint density at radius 2 is 2.13 bits per heavy atom. The van der Waals surface area contributed by atoms with E-state index in [4.69, 9.17) is 24.7 Å². The van der Waals surface area contributed by atoms with Crippen LogP contribution in [-0.4, -0.2) is 69.2 Å². The van der Waals surface area contributed by atoms with Gasteiger partial charge in [-0.2, -0.15) is 4.91 Å². The highest BCUT2D eigenvalue weighted by Gasteiger charge is 2.52. The van der Waals surface area contributed by atoms with Gasteiger partial charge in [-0.15, -0.1) is 0 Å². The monoisotopic (exact) mass is 329 g/mol. The van der Waals surface area contributed by atoms with Crippen LogP contribution < -0.4 is 5.73 Å². The molecule has 3 aliphatic rings. The third kappa shape index (κ3) is 4.46. The Balaban J connectivity index is 1.47. The molecule has 0 amide bonds. The average Bonchev–Trinajstić information content (AvgIpc) is 3.32. The molecule has 0 radical (unpaired) electrons. The Morgan fingerprint density at radius 3 is 2.87 bits per heavy atom. The van der Waals surface area contributed by atoms with Crippen LogP contribution in [0.4, 0.5) is 0 Å². The van der Waals surface area contributed by atoms with Crippen LogP contribution in [0.15, 0.2) is 5.18 Å². The lowest BCUT2D eigenvalue weighted by molar-refractivity contribution is -0.244. The molecule has 3 rings (SSSR count). The van der Waals surface area contributed by atoms with Gasteiger partial charge in [-0.1, -0.05) is 5.18 Å². The molecule has 3 fully saturated rings. The second-order valence-electron chi connectivity index (χ2n) is 6.86. The lowest BCUT2D eigenvalue weighted by Crippen LogP contribution is -2.44. The van der Waals surface area contributed by atoms with Crippen molar-refractivity contribution in [2.45, 2.75) is 62.7 Å². The molecule has 0 bridgehead atoms. The van der Waals surface area contributed by atoms with Crippen LogP contribution in [0.2, 0.25) is 0 Å². The van der Waals surface area contributed by atoms with E-state index in [0.717, 1.165) is 6.42 Å². The van der Waals surface area contributed by atoms with Gasteiger partial charge in [0, 0.05) is 18.8 Å². The maximum Gasteiger partial charge on any atom is 0.160 e. The molecule has 1 aliphatic carbocycles. The zero-order chi connectivity index (χ0) is 16.4. The third-order valence-electron chi connectivity index (χ3n) is 4.82. The van der Waals surface area contributed by atoms with Crippen molar-refractivity contribution in [2.75, 3.05) is 27.3 Å². The topological polar surface area (TPSA) is 95.6 Å². The largest absolute Gasteiger partial charge is 0.352 e. The summed E-state index contributed by atoms with van der Waals surface area (Å²) in [6.07, 6.45) is 2.33. The van der Waals surface area contributed by atoms with E-state index < -0.39 is 0 Å². The molecule has 132 valence electrons. The summed E-state index contributed by atoms with van der Waals surface area (Å²) in [5.41, 5.74) is 5.95. The predicted molar refractivity (Wildman–Crippen MR) is 82.4 cm³/mol. The van der Waals surface area contributed by atoms with Crippen molar-refractivity contribution in [2.24, 2.45) is 16.8 Å².